The van der Waals surface area contributed by atoms with Gasteiger partial charge in [-0.15, -0.1) is 0 Å². The van der Waals surface area contributed by atoms with E-state index < -0.39 is 5.82 Å². The smallest absolute Gasteiger partial charge is 0.250 e. The maximum absolute atomic E-state index is 13.8. The molecule has 0 unspecified atom stereocenters. The van der Waals surface area contributed by atoms with Crippen molar-refractivity contribution in [3.63, 3.8) is 0 Å². The van der Waals surface area contributed by atoms with Gasteiger partial charge in [-0.1, -0.05) is 6.07 Å². The first kappa shape index (κ1) is 18.9. The average Bonchev–Trinajstić information content (AvgIpc) is 3.15. The van der Waals surface area contributed by atoms with Crippen LogP contribution in [0.1, 0.15) is 22.4 Å². The van der Waals surface area contributed by atoms with Gasteiger partial charge in [0.05, 0.1) is 20.4 Å². The van der Waals surface area contributed by atoms with Crippen molar-refractivity contribution in [2.75, 3.05) is 14.2 Å². The van der Waals surface area contributed by atoms with Crippen molar-refractivity contribution in [3.05, 3.63) is 77.3 Å². The third kappa shape index (κ3) is 4.18. The molecule has 4 heterocycles. The highest BCUT2D eigenvalue weighted by Crippen LogP contribution is 2.23. The van der Waals surface area contributed by atoms with Crippen LogP contribution in [0.2, 0.25) is 0 Å². The van der Waals surface area contributed by atoms with E-state index in [1.165, 1.54) is 13.2 Å². The molecule has 0 bridgehead atoms. The molecule has 0 radical (unpaired) electrons. The monoisotopic (exact) mass is 392 g/mol. The van der Waals surface area contributed by atoms with Gasteiger partial charge in [0, 0.05) is 36.1 Å². The van der Waals surface area contributed by atoms with Crippen molar-refractivity contribution in [2.24, 2.45) is 0 Å². The predicted octanol–water partition coefficient (Wildman–Crippen LogP) is 3.89. The van der Waals surface area contributed by atoms with Crippen molar-refractivity contribution >= 4 is 11.0 Å². The molecule has 0 spiro atoms. The Morgan fingerprint density at radius 1 is 0.931 bits per heavy atom. The molecule has 148 valence electrons. The molecule has 29 heavy (non-hydrogen) atoms. The lowest BCUT2D eigenvalue weighted by molar-refractivity contribution is 0.368. The third-order valence-corrected chi connectivity index (χ3v) is 4.84. The van der Waals surface area contributed by atoms with Crippen molar-refractivity contribution in [3.8, 4) is 11.6 Å². The molecule has 0 atom stereocenters. The Labute approximate surface area is 167 Å². The lowest BCUT2D eigenvalue weighted by atomic mass is 10.1. The molecule has 0 aromatic carbocycles. The van der Waals surface area contributed by atoms with Gasteiger partial charge in [-0.25, -0.2) is 14.4 Å². The zero-order valence-corrected chi connectivity index (χ0v) is 16.3. The van der Waals surface area contributed by atoms with E-state index in [-0.39, 0.29) is 5.88 Å². The minimum Gasteiger partial charge on any atom is -0.495 e. The van der Waals surface area contributed by atoms with E-state index in [9.17, 15) is 4.39 Å². The zero-order chi connectivity index (χ0) is 20.2. The van der Waals surface area contributed by atoms with Gasteiger partial charge in [0.25, 0.3) is 0 Å². The second-order valence-corrected chi connectivity index (χ2v) is 6.75. The Balaban J connectivity index is 1.42. The summed E-state index contributed by atoms with van der Waals surface area (Å²) in [7, 11) is 3.04. The number of fused-ring (bicyclic) bond motifs is 1. The van der Waals surface area contributed by atoms with Gasteiger partial charge in [0.1, 0.15) is 11.4 Å². The number of aryl methyl sites for hydroxylation is 2. The molecule has 4 rings (SSSR count). The van der Waals surface area contributed by atoms with E-state index in [0.29, 0.717) is 12.8 Å². The molecule has 0 saturated carbocycles. The average molecular weight is 392 g/mol. The summed E-state index contributed by atoms with van der Waals surface area (Å²) in [6, 6.07) is 7.52. The molecular weight excluding hydrogens is 371 g/mol. The lowest BCUT2D eigenvalue weighted by Crippen LogP contribution is -1.99. The van der Waals surface area contributed by atoms with Crippen LogP contribution in [-0.2, 0) is 19.3 Å². The largest absolute Gasteiger partial charge is 0.495 e. The number of pyridine rings is 3. The summed E-state index contributed by atoms with van der Waals surface area (Å²) in [6.45, 7) is 0. The number of rotatable bonds is 7. The van der Waals surface area contributed by atoms with E-state index in [4.69, 9.17) is 9.47 Å². The van der Waals surface area contributed by atoms with Crippen LogP contribution in [0, 0.1) is 5.82 Å². The molecule has 0 aliphatic heterocycles. The van der Waals surface area contributed by atoms with Gasteiger partial charge in [0.15, 0.2) is 5.82 Å². The topological polar surface area (TPSA) is 72.9 Å². The second-order valence-electron chi connectivity index (χ2n) is 6.75. The van der Waals surface area contributed by atoms with Crippen LogP contribution in [0.5, 0.6) is 11.6 Å². The minimum absolute atomic E-state index is 0.0151. The molecule has 0 aliphatic rings. The highest BCUT2D eigenvalue weighted by atomic mass is 19.1. The summed E-state index contributed by atoms with van der Waals surface area (Å²) in [6.07, 6.45) is 9.30. The summed E-state index contributed by atoms with van der Waals surface area (Å²) in [5.74, 6) is 0.302. The summed E-state index contributed by atoms with van der Waals surface area (Å²) in [5, 5.41) is 1.04. The summed E-state index contributed by atoms with van der Waals surface area (Å²) in [5.41, 5.74) is 4.85. The maximum atomic E-state index is 13.8. The molecule has 4 aromatic heterocycles. The third-order valence-electron chi connectivity index (χ3n) is 4.84. The van der Waals surface area contributed by atoms with Crippen LogP contribution in [0.3, 0.4) is 0 Å². The lowest BCUT2D eigenvalue weighted by Gasteiger charge is -2.06. The fourth-order valence-corrected chi connectivity index (χ4v) is 3.25. The molecule has 0 aliphatic carbocycles. The molecule has 1 N–H and O–H groups in total. The maximum Gasteiger partial charge on any atom is 0.250 e. The highest BCUT2D eigenvalue weighted by Gasteiger charge is 2.09. The first-order valence-electron chi connectivity index (χ1n) is 9.28. The van der Waals surface area contributed by atoms with Gasteiger partial charge in [-0.2, -0.15) is 0 Å². The Morgan fingerprint density at radius 2 is 1.79 bits per heavy atom. The van der Waals surface area contributed by atoms with Crippen LogP contribution in [0.4, 0.5) is 4.39 Å². The number of aromatic nitrogens is 4. The number of ether oxygens (including phenoxy) is 2. The van der Waals surface area contributed by atoms with Crippen molar-refractivity contribution in [1.82, 2.24) is 19.9 Å². The fraction of sp³-hybridized carbons (Fsp3) is 0.227. The van der Waals surface area contributed by atoms with Gasteiger partial charge in [-0.05, 0) is 47.7 Å². The fourth-order valence-electron chi connectivity index (χ4n) is 3.25. The summed E-state index contributed by atoms with van der Waals surface area (Å²) < 4.78 is 23.9. The molecule has 7 heteroatoms. The second kappa shape index (κ2) is 8.26. The van der Waals surface area contributed by atoms with Crippen molar-refractivity contribution in [2.45, 2.75) is 19.3 Å². The Bertz CT molecular complexity index is 1130. The number of H-pyrrole nitrogens is 1. The minimum atomic E-state index is -0.446. The Hall–Kier alpha value is -3.48. The van der Waals surface area contributed by atoms with Crippen molar-refractivity contribution in [1.29, 1.82) is 0 Å². The van der Waals surface area contributed by atoms with Gasteiger partial charge >= 0.3 is 0 Å². The summed E-state index contributed by atoms with van der Waals surface area (Å²) >= 11 is 0. The van der Waals surface area contributed by atoms with E-state index >= 15 is 0 Å². The van der Waals surface area contributed by atoms with E-state index in [0.717, 1.165) is 45.6 Å². The molecule has 6 nitrogen and oxygen atoms in total. The van der Waals surface area contributed by atoms with Crippen molar-refractivity contribution < 1.29 is 13.9 Å². The Kier molecular flexibility index (Phi) is 5.37. The number of aromatic amines is 1. The zero-order valence-electron chi connectivity index (χ0n) is 16.3. The first-order chi connectivity index (χ1) is 14.2. The van der Waals surface area contributed by atoms with Gasteiger partial charge < -0.3 is 14.5 Å². The van der Waals surface area contributed by atoms with E-state index in [1.54, 1.807) is 19.5 Å². The van der Waals surface area contributed by atoms with E-state index in [2.05, 4.69) is 26.0 Å². The Morgan fingerprint density at radius 3 is 2.52 bits per heavy atom. The molecule has 4 aromatic rings. The number of methoxy groups -OCH3 is 2. The SMILES string of the molecule is COc1cnc2[nH]cc(Cc3ccc(CCc4cnc(OC)c(F)c4)nc3)c2c1. The standard InChI is InChI=1S/C22H21FN4O2/c1-28-18-9-19-16(12-25-21(19)26-13-18)7-14-3-5-17(24-10-14)6-4-15-8-20(23)22(29-2)27-11-15/h3,5,8-13H,4,6-7H2,1-2H3,(H,25,26). The number of hydrogen-bond donors (Lipinski definition) is 1. The summed E-state index contributed by atoms with van der Waals surface area (Å²) in [4.78, 5) is 16.1. The number of nitrogens with one attached hydrogen (secondary N) is 1. The highest BCUT2D eigenvalue weighted by molar-refractivity contribution is 5.81. The number of nitrogens with zero attached hydrogens (tertiary/aromatic N) is 3. The molecule has 0 amide bonds. The normalized spacial score (nSPS) is 11.0. The molecule has 0 saturated heterocycles. The van der Waals surface area contributed by atoms with Crippen LogP contribution in [0.15, 0.2) is 49.1 Å². The van der Waals surface area contributed by atoms with Gasteiger partial charge in [0.2, 0.25) is 5.88 Å². The molecule has 0 fully saturated rings. The molecular formula is C22H21FN4O2. The van der Waals surface area contributed by atoms with E-state index in [1.807, 2.05) is 24.5 Å². The predicted molar refractivity (Wildman–Crippen MR) is 108 cm³/mol. The van der Waals surface area contributed by atoms with Crippen LogP contribution in [0.25, 0.3) is 11.0 Å². The van der Waals surface area contributed by atoms with Crippen LogP contribution in [-0.4, -0.2) is 34.2 Å². The number of hydrogen-bond acceptors (Lipinski definition) is 5. The van der Waals surface area contributed by atoms with Crippen LogP contribution < -0.4 is 9.47 Å². The number of halogens is 1. The van der Waals surface area contributed by atoms with Crippen LogP contribution >= 0.6 is 0 Å². The van der Waals surface area contributed by atoms with Gasteiger partial charge in [-0.3, -0.25) is 4.98 Å². The first-order valence-corrected chi connectivity index (χ1v) is 9.28. The quantitative estimate of drug-likeness (QED) is 0.517.